The van der Waals surface area contributed by atoms with E-state index < -0.39 is 72.9 Å². The summed E-state index contributed by atoms with van der Waals surface area (Å²) in [7, 11) is 0. The highest BCUT2D eigenvalue weighted by Crippen LogP contribution is 1.98. The van der Waals surface area contributed by atoms with E-state index in [1.807, 2.05) is 5.32 Å². The van der Waals surface area contributed by atoms with Crippen molar-refractivity contribution in [2.75, 3.05) is 12.4 Å². The number of carboxylic acid groups (broad SMARTS) is 1. The first-order valence-corrected chi connectivity index (χ1v) is 8.65. The average molecular weight is 423 g/mol. The first-order chi connectivity index (χ1) is 12.9. The van der Waals surface area contributed by atoms with Gasteiger partial charge in [0.1, 0.15) is 12.1 Å². The molecule has 0 spiro atoms. The summed E-state index contributed by atoms with van der Waals surface area (Å²) in [5, 5.41) is 33.9. The Morgan fingerprint density at radius 2 is 1.50 bits per heavy atom. The lowest BCUT2D eigenvalue weighted by Crippen LogP contribution is -2.59. The number of carbonyl (C=O) groups excluding carboxylic acids is 4. The monoisotopic (exact) mass is 423 g/mol. The fraction of sp³-hybridized carbons (Fsp3) is 0.643. The van der Waals surface area contributed by atoms with Crippen LogP contribution in [0.1, 0.15) is 13.3 Å². The standard InChI is InChI=1S/C14H25N5O8S/c1-5(21)10(14(26)27)19-12(24)7(3-20)17-13(25)8(4-28)18-11(23)6(15)2-9(16)22/h5-8,10,20-21,28H,2-4,15H2,1H3,(H2,16,22)(H,17,25)(H,18,23)(H,19,24)(H,26,27). The Hall–Kier alpha value is -2.42. The number of primary amides is 1. The Morgan fingerprint density at radius 1 is 1.00 bits per heavy atom. The van der Waals surface area contributed by atoms with Crippen molar-refractivity contribution in [1.82, 2.24) is 16.0 Å². The molecule has 0 aliphatic carbocycles. The summed E-state index contributed by atoms with van der Waals surface area (Å²) in [6.45, 7) is 0.242. The van der Waals surface area contributed by atoms with Crippen LogP contribution < -0.4 is 27.4 Å². The molecule has 0 rings (SSSR count). The summed E-state index contributed by atoms with van der Waals surface area (Å²) >= 11 is 3.90. The second kappa shape index (κ2) is 12.1. The van der Waals surface area contributed by atoms with Gasteiger partial charge in [-0.1, -0.05) is 0 Å². The molecule has 5 unspecified atom stereocenters. The smallest absolute Gasteiger partial charge is 0.328 e. The van der Waals surface area contributed by atoms with Gasteiger partial charge in [0, 0.05) is 5.75 Å². The van der Waals surface area contributed by atoms with Gasteiger partial charge in [0.25, 0.3) is 0 Å². The minimum absolute atomic E-state index is 0.216. The van der Waals surface area contributed by atoms with Crippen molar-refractivity contribution in [2.45, 2.75) is 43.6 Å². The maximum atomic E-state index is 12.2. The molecule has 0 radical (unpaired) electrons. The van der Waals surface area contributed by atoms with Crippen molar-refractivity contribution in [3.63, 3.8) is 0 Å². The lowest BCUT2D eigenvalue weighted by Gasteiger charge is -2.24. The summed E-state index contributed by atoms with van der Waals surface area (Å²) in [4.78, 5) is 57.9. The summed E-state index contributed by atoms with van der Waals surface area (Å²) in [5.41, 5.74) is 10.4. The predicted octanol–water partition coefficient (Wildman–Crippen LogP) is -4.97. The van der Waals surface area contributed by atoms with Crippen LogP contribution in [0.3, 0.4) is 0 Å². The molecule has 13 nitrogen and oxygen atoms in total. The average Bonchev–Trinajstić information content (AvgIpc) is 2.59. The number of amides is 4. The molecular formula is C14H25N5O8S. The second-order valence-electron chi connectivity index (χ2n) is 5.83. The van der Waals surface area contributed by atoms with E-state index in [0.717, 1.165) is 6.92 Å². The van der Waals surface area contributed by atoms with Gasteiger partial charge in [-0.05, 0) is 6.92 Å². The lowest BCUT2D eigenvalue weighted by molar-refractivity contribution is -0.145. The summed E-state index contributed by atoms with van der Waals surface area (Å²) in [5.74, 6) is -5.41. The van der Waals surface area contributed by atoms with Gasteiger partial charge in [-0.2, -0.15) is 12.6 Å². The third-order valence-electron chi connectivity index (χ3n) is 3.44. The van der Waals surface area contributed by atoms with Crippen LogP contribution in [0, 0.1) is 0 Å². The molecule has 0 bridgehead atoms. The molecule has 28 heavy (non-hydrogen) atoms. The van der Waals surface area contributed by atoms with Crippen molar-refractivity contribution >= 4 is 42.2 Å². The van der Waals surface area contributed by atoms with Crippen molar-refractivity contribution < 1.29 is 39.3 Å². The Labute approximate surface area is 165 Å². The van der Waals surface area contributed by atoms with Gasteiger partial charge in [-0.25, -0.2) is 4.79 Å². The molecule has 160 valence electrons. The van der Waals surface area contributed by atoms with E-state index in [1.54, 1.807) is 0 Å². The zero-order valence-electron chi connectivity index (χ0n) is 15.0. The number of hydrogen-bond donors (Lipinski definition) is 9. The van der Waals surface area contributed by atoms with Crippen molar-refractivity contribution in [1.29, 1.82) is 0 Å². The summed E-state index contributed by atoms with van der Waals surface area (Å²) in [6.07, 6.45) is -1.89. The molecule has 4 amide bonds. The molecule has 0 aliphatic heterocycles. The van der Waals surface area contributed by atoms with Gasteiger partial charge in [0.2, 0.25) is 23.6 Å². The third kappa shape index (κ3) is 8.51. The van der Waals surface area contributed by atoms with Crippen LogP contribution in [0.5, 0.6) is 0 Å². The molecular weight excluding hydrogens is 398 g/mol. The first-order valence-electron chi connectivity index (χ1n) is 8.02. The van der Waals surface area contributed by atoms with E-state index >= 15 is 0 Å². The number of aliphatic carboxylic acids is 1. The molecule has 0 aliphatic rings. The first kappa shape index (κ1) is 25.6. The van der Waals surface area contributed by atoms with E-state index in [9.17, 15) is 34.2 Å². The van der Waals surface area contributed by atoms with Crippen LogP contribution in [0.25, 0.3) is 0 Å². The van der Waals surface area contributed by atoms with E-state index in [1.165, 1.54) is 0 Å². The molecule has 0 heterocycles. The van der Waals surface area contributed by atoms with Crippen LogP contribution in [-0.2, 0) is 24.0 Å². The minimum Gasteiger partial charge on any atom is -0.480 e. The summed E-state index contributed by atoms with van der Waals surface area (Å²) in [6, 6.07) is -5.80. The van der Waals surface area contributed by atoms with Crippen LogP contribution in [-0.4, -0.2) is 87.5 Å². The third-order valence-corrected chi connectivity index (χ3v) is 3.80. The number of hydrogen-bond acceptors (Lipinski definition) is 9. The second-order valence-corrected chi connectivity index (χ2v) is 6.19. The summed E-state index contributed by atoms with van der Waals surface area (Å²) < 4.78 is 0. The van der Waals surface area contributed by atoms with E-state index in [4.69, 9.17) is 16.6 Å². The van der Waals surface area contributed by atoms with Gasteiger partial charge in [0.05, 0.1) is 25.2 Å². The Bertz CT molecular complexity index is 602. The Balaban J connectivity index is 4.99. The highest BCUT2D eigenvalue weighted by molar-refractivity contribution is 7.80. The SMILES string of the molecule is CC(O)C(NC(=O)C(CO)NC(=O)C(CS)NC(=O)C(N)CC(N)=O)C(=O)O. The number of carbonyl (C=O) groups is 5. The highest BCUT2D eigenvalue weighted by atomic mass is 32.1. The minimum atomic E-state index is -1.66. The van der Waals surface area contributed by atoms with Crippen LogP contribution in [0.4, 0.5) is 0 Å². The van der Waals surface area contributed by atoms with E-state index in [0.29, 0.717) is 0 Å². The molecule has 0 aromatic rings. The van der Waals surface area contributed by atoms with Crippen LogP contribution in [0.15, 0.2) is 0 Å². The molecule has 0 saturated heterocycles. The number of rotatable bonds is 12. The Morgan fingerprint density at radius 3 is 1.89 bits per heavy atom. The predicted molar refractivity (Wildman–Crippen MR) is 97.8 cm³/mol. The number of aliphatic hydroxyl groups is 2. The van der Waals surface area contributed by atoms with Gasteiger partial charge in [-0.3, -0.25) is 19.2 Å². The highest BCUT2D eigenvalue weighted by Gasteiger charge is 2.31. The zero-order chi connectivity index (χ0) is 22.0. The molecule has 0 aromatic carbocycles. The van der Waals surface area contributed by atoms with E-state index in [2.05, 4.69) is 23.3 Å². The van der Waals surface area contributed by atoms with Gasteiger partial charge in [0.15, 0.2) is 6.04 Å². The largest absolute Gasteiger partial charge is 0.480 e. The van der Waals surface area contributed by atoms with Gasteiger partial charge in [-0.15, -0.1) is 0 Å². The normalized spacial score (nSPS) is 16.0. The number of thiol groups is 1. The van der Waals surface area contributed by atoms with Gasteiger partial charge >= 0.3 is 5.97 Å². The van der Waals surface area contributed by atoms with E-state index in [-0.39, 0.29) is 5.75 Å². The number of aliphatic hydroxyl groups excluding tert-OH is 2. The molecule has 14 heteroatoms. The molecule has 10 N–H and O–H groups in total. The topological polar surface area (TPSA) is 234 Å². The maximum absolute atomic E-state index is 12.2. The molecule has 0 aromatic heterocycles. The van der Waals surface area contributed by atoms with Crippen molar-refractivity contribution in [3.8, 4) is 0 Å². The van der Waals surface area contributed by atoms with Crippen molar-refractivity contribution in [3.05, 3.63) is 0 Å². The number of nitrogens with one attached hydrogen (secondary N) is 3. The fourth-order valence-electron chi connectivity index (χ4n) is 1.89. The van der Waals surface area contributed by atoms with Crippen molar-refractivity contribution in [2.24, 2.45) is 11.5 Å². The quantitative estimate of drug-likeness (QED) is 0.136. The molecule has 0 fully saturated rings. The fourth-order valence-corrected chi connectivity index (χ4v) is 2.15. The zero-order valence-corrected chi connectivity index (χ0v) is 15.9. The molecule has 5 atom stereocenters. The Kier molecular flexibility index (Phi) is 11.1. The number of nitrogens with two attached hydrogens (primary N) is 2. The van der Waals surface area contributed by atoms with Crippen LogP contribution in [0.2, 0.25) is 0 Å². The lowest BCUT2D eigenvalue weighted by atomic mass is 10.1. The van der Waals surface area contributed by atoms with Crippen LogP contribution >= 0.6 is 12.6 Å². The maximum Gasteiger partial charge on any atom is 0.328 e. The number of carboxylic acids is 1. The molecule has 0 saturated carbocycles. The van der Waals surface area contributed by atoms with Gasteiger partial charge < -0.3 is 42.7 Å².